The molecule has 26 heavy (non-hydrogen) atoms. The fourth-order valence-electron chi connectivity index (χ4n) is 3.29. The molecule has 8 heteroatoms. The van der Waals surface area contributed by atoms with Crippen LogP contribution in [0.5, 0.6) is 0 Å². The van der Waals surface area contributed by atoms with Crippen LogP contribution >= 0.6 is 24.0 Å². The predicted octanol–water partition coefficient (Wildman–Crippen LogP) is 2.25. The minimum Gasteiger partial charge on any atom is -0.356 e. The molecule has 1 unspecified atom stereocenters. The molecule has 0 aliphatic carbocycles. The Bertz CT molecular complexity index is 848. The average molecular weight is 490 g/mol. The van der Waals surface area contributed by atoms with E-state index in [-0.39, 0.29) is 35.6 Å². The third kappa shape index (κ3) is 5.60. The van der Waals surface area contributed by atoms with Gasteiger partial charge in [-0.3, -0.25) is 4.99 Å². The Balaban J connectivity index is 0.00000243. The maximum atomic E-state index is 11.5. The molecule has 2 N–H and O–H groups in total. The van der Waals surface area contributed by atoms with Crippen molar-refractivity contribution in [3.8, 4) is 0 Å². The van der Waals surface area contributed by atoms with Crippen LogP contribution in [0, 0.1) is 5.92 Å². The quantitative estimate of drug-likeness (QED) is 0.282. The minimum atomic E-state index is -2.82. The minimum absolute atomic E-state index is 0. The number of nitrogens with zero attached hydrogens (tertiary/aromatic N) is 2. The molecule has 0 saturated carbocycles. The molecule has 6 nitrogen and oxygen atoms in total. The van der Waals surface area contributed by atoms with Crippen molar-refractivity contribution in [3.63, 3.8) is 0 Å². The van der Waals surface area contributed by atoms with Gasteiger partial charge in [0.25, 0.3) is 0 Å². The van der Waals surface area contributed by atoms with E-state index in [1.165, 1.54) is 10.9 Å². The molecular weight excluding hydrogens is 463 g/mol. The summed E-state index contributed by atoms with van der Waals surface area (Å²) in [4.78, 5) is 4.21. The maximum absolute atomic E-state index is 11.5. The number of aryl methyl sites for hydroxylation is 1. The Morgan fingerprint density at radius 1 is 1.27 bits per heavy atom. The fraction of sp³-hybridized carbons (Fsp3) is 0.500. The summed E-state index contributed by atoms with van der Waals surface area (Å²) in [5.41, 5.74) is 1.26. The zero-order valence-corrected chi connectivity index (χ0v) is 18.2. The van der Waals surface area contributed by atoms with Crippen molar-refractivity contribution in [2.75, 3.05) is 31.6 Å². The van der Waals surface area contributed by atoms with Gasteiger partial charge in [-0.15, -0.1) is 24.0 Å². The summed E-state index contributed by atoms with van der Waals surface area (Å²) in [5.74, 6) is 1.53. The lowest BCUT2D eigenvalue weighted by Crippen LogP contribution is -2.40. The van der Waals surface area contributed by atoms with Gasteiger partial charge in [-0.25, -0.2) is 8.42 Å². The molecule has 1 aromatic carbocycles. The molecule has 0 amide bonds. The van der Waals surface area contributed by atoms with Crippen molar-refractivity contribution in [1.82, 2.24) is 15.2 Å². The number of para-hydroxylation sites is 1. The summed E-state index contributed by atoms with van der Waals surface area (Å²) in [6.45, 7) is 2.41. The molecule has 2 aromatic rings. The van der Waals surface area contributed by atoms with Gasteiger partial charge in [-0.1, -0.05) is 18.2 Å². The predicted molar refractivity (Wildman–Crippen MR) is 118 cm³/mol. The van der Waals surface area contributed by atoms with E-state index < -0.39 is 9.84 Å². The fourth-order valence-corrected chi connectivity index (χ4v) is 5.15. The highest BCUT2D eigenvalue weighted by atomic mass is 127. The first-order valence-corrected chi connectivity index (χ1v) is 10.6. The molecular formula is C18H27IN4O2S. The van der Waals surface area contributed by atoms with Crippen molar-refractivity contribution in [1.29, 1.82) is 0 Å². The molecule has 3 rings (SSSR count). The highest BCUT2D eigenvalue weighted by Gasteiger charge is 2.27. The van der Waals surface area contributed by atoms with Crippen LogP contribution < -0.4 is 10.6 Å². The van der Waals surface area contributed by atoms with E-state index in [0.717, 1.165) is 31.9 Å². The Morgan fingerprint density at radius 2 is 2.08 bits per heavy atom. The van der Waals surface area contributed by atoms with E-state index in [0.29, 0.717) is 12.3 Å². The Kier molecular flexibility index (Phi) is 7.75. The van der Waals surface area contributed by atoms with Gasteiger partial charge >= 0.3 is 0 Å². The lowest BCUT2D eigenvalue weighted by atomic mass is 10.1. The van der Waals surface area contributed by atoms with Gasteiger partial charge in [0.15, 0.2) is 15.8 Å². The molecule has 1 aliphatic rings. The lowest BCUT2D eigenvalue weighted by Gasteiger charge is -2.14. The van der Waals surface area contributed by atoms with Gasteiger partial charge in [0, 0.05) is 38.4 Å². The standard InChI is InChI=1S/C18H26N4O2S.HI/c1-19-18(21-13-15-8-12-25(23,24)14-15)20-9-4-10-22-11-7-16-5-2-3-6-17(16)22;/h2-3,5-7,11,15H,4,8-10,12-14H2,1H3,(H2,19,20,21);1H. The normalized spacial score (nSPS) is 19.3. The highest BCUT2D eigenvalue weighted by molar-refractivity contribution is 14.0. The molecule has 1 aromatic heterocycles. The van der Waals surface area contributed by atoms with Gasteiger partial charge in [0.1, 0.15) is 0 Å². The van der Waals surface area contributed by atoms with Crippen LogP contribution in [0.2, 0.25) is 0 Å². The van der Waals surface area contributed by atoms with Crippen molar-refractivity contribution in [3.05, 3.63) is 36.5 Å². The lowest BCUT2D eigenvalue weighted by molar-refractivity contribution is 0.564. The summed E-state index contributed by atoms with van der Waals surface area (Å²) in [5, 5.41) is 7.80. The van der Waals surface area contributed by atoms with Crippen LogP contribution in [0.1, 0.15) is 12.8 Å². The second-order valence-corrected chi connectivity index (χ2v) is 8.80. The van der Waals surface area contributed by atoms with E-state index in [4.69, 9.17) is 0 Å². The Morgan fingerprint density at radius 3 is 2.81 bits per heavy atom. The average Bonchev–Trinajstić information content (AvgIpc) is 3.17. The number of aliphatic imine (C=N–C) groups is 1. The van der Waals surface area contributed by atoms with Crippen LogP contribution in [0.3, 0.4) is 0 Å². The molecule has 0 radical (unpaired) electrons. The van der Waals surface area contributed by atoms with E-state index in [9.17, 15) is 8.42 Å². The number of rotatable bonds is 6. The summed E-state index contributed by atoms with van der Waals surface area (Å²) in [6.07, 6.45) is 3.85. The van der Waals surface area contributed by atoms with Gasteiger partial charge in [0.2, 0.25) is 0 Å². The van der Waals surface area contributed by atoms with E-state index >= 15 is 0 Å². The monoisotopic (exact) mass is 490 g/mol. The van der Waals surface area contributed by atoms with E-state index in [1.807, 2.05) is 0 Å². The molecule has 2 heterocycles. The van der Waals surface area contributed by atoms with Crippen molar-refractivity contribution in [2.24, 2.45) is 10.9 Å². The van der Waals surface area contributed by atoms with Gasteiger partial charge in [-0.2, -0.15) is 0 Å². The zero-order valence-electron chi connectivity index (χ0n) is 15.0. The largest absolute Gasteiger partial charge is 0.356 e. The van der Waals surface area contributed by atoms with Crippen LogP contribution in [0.4, 0.5) is 0 Å². The first-order chi connectivity index (χ1) is 12.1. The number of sulfone groups is 1. The van der Waals surface area contributed by atoms with Gasteiger partial charge < -0.3 is 15.2 Å². The number of hydrogen-bond donors (Lipinski definition) is 2. The number of aromatic nitrogens is 1. The smallest absolute Gasteiger partial charge is 0.190 e. The van der Waals surface area contributed by atoms with Crippen LogP contribution in [0.25, 0.3) is 10.9 Å². The number of nitrogens with one attached hydrogen (secondary N) is 2. The molecule has 0 bridgehead atoms. The first-order valence-electron chi connectivity index (χ1n) is 8.76. The molecule has 0 spiro atoms. The third-order valence-corrected chi connectivity index (χ3v) is 6.49. The third-order valence-electron chi connectivity index (χ3n) is 4.66. The molecule has 1 atom stereocenters. The summed E-state index contributed by atoms with van der Waals surface area (Å²) < 4.78 is 25.3. The van der Waals surface area contributed by atoms with E-state index in [1.54, 1.807) is 7.05 Å². The van der Waals surface area contributed by atoms with Gasteiger partial charge in [-0.05, 0) is 36.3 Å². The number of guanidine groups is 1. The Hall–Kier alpha value is -1.29. The number of hydrogen-bond acceptors (Lipinski definition) is 3. The molecule has 1 saturated heterocycles. The highest BCUT2D eigenvalue weighted by Crippen LogP contribution is 2.17. The zero-order chi connectivity index (χ0) is 17.7. The van der Waals surface area contributed by atoms with Crippen LogP contribution in [0.15, 0.2) is 41.5 Å². The second-order valence-electron chi connectivity index (χ2n) is 6.57. The van der Waals surface area contributed by atoms with E-state index in [2.05, 4.69) is 56.7 Å². The number of fused-ring (bicyclic) bond motifs is 1. The van der Waals surface area contributed by atoms with Gasteiger partial charge in [0.05, 0.1) is 11.5 Å². The molecule has 144 valence electrons. The van der Waals surface area contributed by atoms with Crippen molar-refractivity contribution >= 4 is 50.7 Å². The second kappa shape index (κ2) is 9.59. The first kappa shape index (κ1) is 21.0. The SMILES string of the molecule is CN=C(NCCCn1ccc2ccccc21)NCC1CCS(=O)(=O)C1.I. The topological polar surface area (TPSA) is 75.5 Å². The summed E-state index contributed by atoms with van der Waals surface area (Å²) >= 11 is 0. The summed E-state index contributed by atoms with van der Waals surface area (Å²) in [7, 11) is -1.08. The molecule has 1 aliphatic heterocycles. The van der Waals surface area contributed by atoms with Crippen molar-refractivity contribution < 1.29 is 8.42 Å². The molecule has 1 fully saturated rings. The summed E-state index contributed by atoms with van der Waals surface area (Å²) in [6, 6.07) is 10.5. The Labute approximate surface area is 172 Å². The van der Waals surface area contributed by atoms with Crippen LogP contribution in [-0.4, -0.2) is 50.6 Å². The maximum Gasteiger partial charge on any atom is 0.190 e. The van der Waals surface area contributed by atoms with Crippen LogP contribution in [-0.2, 0) is 16.4 Å². The van der Waals surface area contributed by atoms with Crippen molar-refractivity contribution in [2.45, 2.75) is 19.4 Å². The number of benzene rings is 1. The number of halogens is 1.